The van der Waals surface area contributed by atoms with Gasteiger partial charge in [-0.25, -0.2) is 0 Å². The van der Waals surface area contributed by atoms with Gasteiger partial charge in [0.1, 0.15) is 5.75 Å². The first-order chi connectivity index (χ1) is 9.22. The summed E-state index contributed by atoms with van der Waals surface area (Å²) in [4.78, 5) is 12.1. The number of ether oxygens (including phenoxy) is 1. The van der Waals surface area contributed by atoms with Crippen LogP contribution in [-0.2, 0) is 11.2 Å². The van der Waals surface area contributed by atoms with E-state index in [0.717, 1.165) is 11.3 Å². The second kappa shape index (κ2) is 4.94. The van der Waals surface area contributed by atoms with Gasteiger partial charge in [0.2, 0.25) is 0 Å². The average molecular weight is 274 g/mol. The van der Waals surface area contributed by atoms with E-state index in [9.17, 15) is 4.79 Å². The Morgan fingerprint density at radius 1 is 1.16 bits per heavy atom. The predicted octanol–water partition coefficient (Wildman–Crippen LogP) is 3.28. The van der Waals surface area contributed by atoms with Crippen LogP contribution in [0.25, 0.3) is 0 Å². The van der Waals surface area contributed by atoms with Crippen molar-refractivity contribution in [3.05, 3.63) is 59.1 Å². The molecule has 0 spiro atoms. The standard InChI is InChI=1S/C15H12ClNO2/c16-11-5-7-12(8-6-11)17-15(18)14-9-10-3-1-2-4-13(10)19-14/h1-8,14H,9H2,(H,17,18)/t14-/m1/s1. The topological polar surface area (TPSA) is 38.3 Å². The number of hydrogen-bond donors (Lipinski definition) is 1. The molecule has 3 nitrogen and oxygen atoms in total. The minimum Gasteiger partial charge on any atom is -0.480 e. The second-order valence-corrected chi connectivity index (χ2v) is 4.85. The summed E-state index contributed by atoms with van der Waals surface area (Å²) >= 11 is 5.80. The molecule has 0 aromatic heterocycles. The van der Waals surface area contributed by atoms with Gasteiger partial charge in [-0.05, 0) is 35.9 Å². The summed E-state index contributed by atoms with van der Waals surface area (Å²) in [7, 11) is 0. The molecule has 0 unspecified atom stereocenters. The molecule has 1 amide bonds. The number of carbonyl (C=O) groups excluding carboxylic acids is 1. The molecule has 1 aliphatic rings. The van der Waals surface area contributed by atoms with Crippen molar-refractivity contribution in [3.8, 4) is 5.75 Å². The second-order valence-electron chi connectivity index (χ2n) is 4.41. The number of hydrogen-bond acceptors (Lipinski definition) is 2. The summed E-state index contributed by atoms with van der Waals surface area (Å²) in [6.45, 7) is 0. The summed E-state index contributed by atoms with van der Waals surface area (Å²) in [5, 5.41) is 3.46. The third-order valence-electron chi connectivity index (χ3n) is 3.05. The number of para-hydroxylation sites is 1. The van der Waals surface area contributed by atoms with Crippen LogP contribution in [-0.4, -0.2) is 12.0 Å². The Morgan fingerprint density at radius 3 is 2.63 bits per heavy atom. The van der Waals surface area contributed by atoms with Crippen LogP contribution in [0.3, 0.4) is 0 Å². The number of halogens is 1. The molecule has 0 saturated carbocycles. The molecule has 4 heteroatoms. The maximum absolute atomic E-state index is 12.1. The molecule has 0 aliphatic carbocycles. The lowest BCUT2D eigenvalue weighted by Gasteiger charge is -2.11. The van der Waals surface area contributed by atoms with Crippen LogP contribution in [0, 0.1) is 0 Å². The lowest BCUT2D eigenvalue weighted by atomic mass is 10.1. The van der Waals surface area contributed by atoms with Gasteiger partial charge in [-0.2, -0.15) is 0 Å². The third kappa shape index (κ3) is 2.56. The van der Waals surface area contributed by atoms with Crippen molar-refractivity contribution in [1.82, 2.24) is 0 Å². The van der Waals surface area contributed by atoms with Gasteiger partial charge in [-0.15, -0.1) is 0 Å². The van der Waals surface area contributed by atoms with Crippen LogP contribution in [0.15, 0.2) is 48.5 Å². The zero-order chi connectivity index (χ0) is 13.2. The highest BCUT2D eigenvalue weighted by atomic mass is 35.5. The number of fused-ring (bicyclic) bond motifs is 1. The van der Waals surface area contributed by atoms with E-state index in [1.54, 1.807) is 24.3 Å². The van der Waals surface area contributed by atoms with E-state index in [1.807, 2.05) is 24.3 Å². The molecule has 19 heavy (non-hydrogen) atoms. The monoisotopic (exact) mass is 273 g/mol. The molecular formula is C15H12ClNO2. The summed E-state index contributed by atoms with van der Waals surface area (Å²) in [5.74, 6) is 0.650. The molecule has 96 valence electrons. The minimum atomic E-state index is -0.465. The van der Waals surface area contributed by atoms with Gasteiger partial charge < -0.3 is 10.1 Å². The zero-order valence-electron chi connectivity index (χ0n) is 10.1. The maximum atomic E-state index is 12.1. The highest BCUT2D eigenvalue weighted by Gasteiger charge is 2.28. The smallest absolute Gasteiger partial charge is 0.265 e. The summed E-state index contributed by atoms with van der Waals surface area (Å²) in [6, 6.07) is 14.7. The molecular weight excluding hydrogens is 262 g/mol. The van der Waals surface area contributed by atoms with E-state index in [1.165, 1.54) is 0 Å². The van der Waals surface area contributed by atoms with Gasteiger partial charge in [0.05, 0.1) is 0 Å². The van der Waals surface area contributed by atoms with Crippen LogP contribution in [0.2, 0.25) is 5.02 Å². The zero-order valence-corrected chi connectivity index (χ0v) is 10.9. The molecule has 2 aromatic carbocycles. The van der Waals surface area contributed by atoms with Crippen molar-refractivity contribution in [3.63, 3.8) is 0 Å². The molecule has 1 aliphatic heterocycles. The molecule has 1 N–H and O–H groups in total. The number of amides is 1. The van der Waals surface area contributed by atoms with Crippen molar-refractivity contribution in [2.45, 2.75) is 12.5 Å². The fourth-order valence-electron chi connectivity index (χ4n) is 2.08. The highest BCUT2D eigenvalue weighted by molar-refractivity contribution is 6.30. The largest absolute Gasteiger partial charge is 0.480 e. The Morgan fingerprint density at radius 2 is 1.89 bits per heavy atom. The fraction of sp³-hybridized carbons (Fsp3) is 0.133. The molecule has 1 heterocycles. The molecule has 0 radical (unpaired) electrons. The van der Waals surface area contributed by atoms with Crippen LogP contribution in [0.5, 0.6) is 5.75 Å². The Hall–Kier alpha value is -2.00. The van der Waals surface area contributed by atoms with Crippen molar-refractivity contribution in [2.75, 3.05) is 5.32 Å². The van der Waals surface area contributed by atoms with Gasteiger partial charge in [0.15, 0.2) is 6.10 Å². The average Bonchev–Trinajstić information content (AvgIpc) is 2.85. The van der Waals surface area contributed by atoms with Gasteiger partial charge in [-0.3, -0.25) is 4.79 Å². The first-order valence-corrected chi connectivity index (χ1v) is 6.41. The Kier molecular flexibility index (Phi) is 3.13. The molecule has 2 aromatic rings. The highest BCUT2D eigenvalue weighted by Crippen LogP contribution is 2.28. The number of anilines is 1. The van der Waals surface area contributed by atoms with E-state index >= 15 is 0 Å². The van der Waals surface area contributed by atoms with E-state index < -0.39 is 6.10 Å². The first-order valence-electron chi connectivity index (χ1n) is 6.03. The van der Waals surface area contributed by atoms with Crippen LogP contribution in [0.4, 0.5) is 5.69 Å². The first kappa shape index (κ1) is 12.1. The number of benzene rings is 2. The van der Waals surface area contributed by atoms with Gasteiger partial charge in [0, 0.05) is 17.1 Å². The molecule has 0 saturated heterocycles. The van der Waals surface area contributed by atoms with Crippen molar-refractivity contribution in [2.24, 2.45) is 0 Å². The number of nitrogens with one attached hydrogen (secondary N) is 1. The Balaban J connectivity index is 1.68. The van der Waals surface area contributed by atoms with Gasteiger partial charge >= 0.3 is 0 Å². The van der Waals surface area contributed by atoms with E-state index in [-0.39, 0.29) is 5.91 Å². The summed E-state index contributed by atoms with van der Waals surface area (Å²) < 4.78 is 5.63. The van der Waals surface area contributed by atoms with E-state index in [0.29, 0.717) is 17.1 Å². The van der Waals surface area contributed by atoms with Crippen molar-refractivity contribution >= 4 is 23.2 Å². The predicted molar refractivity (Wildman–Crippen MR) is 74.6 cm³/mol. The van der Waals surface area contributed by atoms with E-state index in [4.69, 9.17) is 16.3 Å². The van der Waals surface area contributed by atoms with Crippen LogP contribution >= 0.6 is 11.6 Å². The van der Waals surface area contributed by atoms with Crippen LogP contribution < -0.4 is 10.1 Å². The van der Waals surface area contributed by atoms with Crippen molar-refractivity contribution in [1.29, 1.82) is 0 Å². The Labute approximate surface area is 116 Å². The normalized spacial score (nSPS) is 16.6. The van der Waals surface area contributed by atoms with Gasteiger partial charge in [-0.1, -0.05) is 29.8 Å². The minimum absolute atomic E-state index is 0.140. The van der Waals surface area contributed by atoms with E-state index in [2.05, 4.69) is 5.32 Å². The molecule has 0 bridgehead atoms. The summed E-state index contributed by atoms with van der Waals surface area (Å²) in [6.07, 6.45) is 0.142. The maximum Gasteiger partial charge on any atom is 0.265 e. The summed E-state index contributed by atoms with van der Waals surface area (Å²) in [5.41, 5.74) is 1.78. The third-order valence-corrected chi connectivity index (χ3v) is 3.30. The van der Waals surface area contributed by atoms with Gasteiger partial charge in [0.25, 0.3) is 5.91 Å². The van der Waals surface area contributed by atoms with Crippen LogP contribution in [0.1, 0.15) is 5.56 Å². The molecule has 3 rings (SSSR count). The lowest BCUT2D eigenvalue weighted by Crippen LogP contribution is -2.31. The molecule has 0 fully saturated rings. The Bertz CT molecular complexity index is 585. The number of rotatable bonds is 2. The lowest BCUT2D eigenvalue weighted by molar-refractivity contribution is -0.122. The molecule has 1 atom stereocenters. The SMILES string of the molecule is O=C(Nc1ccc(Cl)cc1)[C@H]1Cc2ccccc2O1. The fourth-order valence-corrected chi connectivity index (χ4v) is 2.21. The quantitative estimate of drug-likeness (QED) is 0.912. The number of carbonyl (C=O) groups is 1. The van der Waals surface area contributed by atoms with Crippen molar-refractivity contribution < 1.29 is 9.53 Å².